The van der Waals surface area contributed by atoms with E-state index in [-0.39, 0.29) is 30.5 Å². The van der Waals surface area contributed by atoms with Crippen molar-refractivity contribution in [1.82, 2.24) is 4.90 Å². The van der Waals surface area contributed by atoms with Crippen LogP contribution in [-0.2, 0) is 10.4 Å². The van der Waals surface area contributed by atoms with E-state index in [2.05, 4.69) is 13.8 Å². The van der Waals surface area contributed by atoms with Gasteiger partial charge in [-0.1, -0.05) is 37.3 Å². The first-order valence-electron chi connectivity index (χ1n) is 12.6. The first-order chi connectivity index (χ1) is 17.3. The number of benzene rings is 2. The second kappa shape index (κ2) is 10.0. The van der Waals surface area contributed by atoms with Crippen molar-refractivity contribution in [2.75, 3.05) is 13.1 Å². The van der Waals surface area contributed by atoms with Crippen LogP contribution in [-0.4, -0.2) is 46.7 Å². The zero-order valence-corrected chi connectivity index (χ0v) is 21.0. The second-order valence-electron chi connectivity index (χ2n) is 10.6. The fourth-order valence-corrected chi connectivity index (χ4v) is 5.72. The average Bonchev–Trinajstić information content (AvgIpc) is 2.88. The third-order valence-electron chi connectivity index (χ3n) is 8.28. The molecule has 2 aliphatic rings. The Bertz CT molecular complexity index is 1120. The summed E-state index contributed by atoms with van der Waals surface area (Å²) in [6.45, 7) is 4.54. The van der Waals surface area contributed by atoms with E-state index in [1.165, 1.54) is 18.2 Å². The SMILES string of the molecule is CC1C(CC2CCN(C(=O)C(O)(c3ccccc3)C(F)(F)F)CC2)CC1(C)Oc1ccc(C(N)=O)cc1. The van der Waals surface area contributed by atoms with Gasteiger partial charge in [-0.2, -0.15) is 13.2 Å². The summed E-state index contributed by atoms with van der Waals surface area (Å²) in [6, 6.07) is 13.3. The van der Waals surface area contributed by atoms with Gasteiger partial charge in [0, 0.05) is 24.2 Å². The molecule has 200 valence electrons. The molecule has 2 amide bonds. The monoisotopic (exact) mass is 518 g/mol. The summed E-state index contributed by atoms with van der Waals surface area (Å²) >= 11 is 0. The molecule has 2 aromatic rings. The highest BCUT2D eigenvalue weighted by Crippen LogP contribution is 2.50. The molecule has 2 fully saturated rings. The number of rotatable bonds is 7. The molecule has 1 saturated heterocycles. The Labute approximate surface area is 214 Å². The van der Waals surface area contributed by atoms with E-state index >= 15 is 0 Å². The van der Waals surface area contributed by atoms with E-state index in [0.717, 1.165) is 29.9 Å². The van der Waals surface area contributed by atoms with Crippen molar-refractivity contribution >= 4 is 11.8 Å². The summed E-state index contributed by atoms with van der Waals surface area (Å²) in [4.78, 5) is 25.4. The Morgan fingerprint density at radius 3 is 2.19 bits per heavy atom. The fraction of sp³-hybridized carbons (Fsp3) is 0.500. The van der Waals surface area contributed by atoms with Gasteiger partial charge in [-0.15, -0.1) is 0 Å². The number of likely N-dealkylation sites (tertiary alicyclic amines) is 1. The van der Waals surface area contributed by atoms with E-state index in [9.17, 15) is 27.9 Å². The minimum atomic E-state index is -5.13. The highest BCUT2D eigenvalue weighted by molar-refractivity contribution is 5.92. The van der Waals surface area contributed by atoms with E-state index in [0.29, 0.717) is 30.1 Å². The molecular weight excluding hydrogens is 485 g/mol. The van der Waals surface area contributed by atoms with Gasteiger partial charge < -0.3 is 20.5 Å². The summed E-state index contributed by atoms with van der Waals surface area (Å²) < 4.78 is 47.9. The van der Waals surface area contributed by atoms with Crippen molar-refractivity contribution in [3.8, 4) is 5.75 Å². The van der Waals surface area contributed by atoms with Crippen LogP contribution in [0.15, 0.2) is 54.6 Å². The molecule has 2 aromatic carbocycles. The molecule has 1 saturated carbocycles. The average molecular weight is 519 g/mol. The summed E-state index contributed by atoms with van der Waals surface area (Å²) in [5.41, 5.74) is 1.32. The second-order valence-corrected chi connectivity index (χ2v) is 10.6. The predicted molar refractivity (Wildman–Crippen MR) is 132 cm³/mol. The van der Waals surface area contributed by atoms with Gasteiger partial charge in [0.05, 0.1) is 0 Å². The lowest BCUT2D eigenvalue weighted by Gasteiger charge is -2.53. The summed E-state index contributed by atoms with van der Waals surface area (Å²) in [6.07, 6.45) is -2.21. The molecule has 3 N–H and O–H groups in total. The van der Waals surface area contributed by atoms with E-state index in [1.807, 2.05) is 0 Å². The molecule has 4 rings (SSSR count). The fourth-order valence-electron chi connectivity index (χ4n) is 5.72. The lowest BCUT2D eigenvalue weighted by atomic mass is 9.60. The number of carbonyl (C=O) groups excluding carboxylic acids is 2. The highest BCUT2D eigenvalue weighted by atomic mass is 19.4. The van der Waals surface area contributed by atoms with Gasteiger partial charge in [-0.3, -0.25) is 9.59 Å². The van der Waals surface area contributed by atoms with Crippen LogP contribution in [0, 0.1) is 17.8 Å². The van der Waals surface area contributed by atoms with Gasteiger partial charge in [-0.25, -0.2) is 0 Å². The van der Waals surface area contributed by atoms with Crippen molar-refractivity contribution in [1.29, 1.82) is 0 Å². The summed E-state index contributed by atoms with van der Waals surface area (Å²) in [5.74, 6) is -0.197. The number of carbonyl (C=O) groups is 2. The number of piperidine rings is 1. The zero-order valence-electron chi connectivity index (χ0n) is 21.0. The molecule has 0 aromatic heterocycles. The number of hydrogen-bond donors (Lipinski definition) is 2. The van der Waals surface area contributed by atoms with Crippen LogP contribution < -0.4 is 10.5 Å². The Balaban J connectivity index is 1.32. The smallest absolute Gasteiger partial charge is 0.430 e. The zero-order chi connectivity index (χ0) is 27.0. The molecule has 1 aliphatic carbocycles. The van der Waals surface area contributed by atoms with Crippen molar-refractivity contribution in [3.63, 3.8) is 0 Å². The van der Waals surface area contributed by atoms with Crippen LogP contribution in [0.4, 0.5) is 13.2 Å². The number of nitrogens with two attached hydrogens (primary N) is 1. The summed E-state index contributed by atoms with van der Waals surface area (Å²) in [5, 5.41) is 10.6. The van der Waals surface area contributed by atoms with E-state index < -0.39 is 29.2 Å². The Morgan fingerprint density at radius 1 is 1.08 bits per heavy atom. The Kier molecular flexibility index (Phi) is 7.29. The molecule has 4 unspecified atom stereocenters. The highest BCUT2D eigenvalue weighted by Gasteiger charge is 2.62. The first kappa shape index (κ1) is 27.0. The van der Waals surface area contributed by atoms with Crippen LogP contribution in [0.3, 0.4) is 0 Å². The third kappa shape index (κ3) is 5.19. The minimum absolute atomic E-state index is 0.176. The number of alkyl halides is 3. The maximum Gasteiger partial charge on any atom is 0.430 e. The molecule has 0 radical (unpaired) electrons. The minimum Gasteiger partial charge on any atom is -0.487 e. The van der Waals surface area contributed by atoms with E-state index in [1.54, 1.807) is 24.3 Å². The van der Waals surface area contributed by atoms with Crippen LogP contribution in [0.2, 0.25) is 0 Å². The van der Waals surface area contributed by atoms with Gasteiger partial charge in [0.2, 0.25) is 5.91 Å². The lowest BCUT2D eigenvalue weighted by Crippen LogP contribution is -2.57. The molecule has 4 atom stereocenters. The maximum absolute atomic E-state index is 13.9. The van der Waals surface area contributed by atoms with Crippen molar-refractivity contribution in [2.45, 2.75) is 56.9 Å². The van der Waals surface area contributed by atoms with Gasteiger partial charge >= 0.3 is 6.18 Å². The number of amides is 2. The topological polar surface area (TPSA) is 92.9 Å². The maximum atomic E-state index is 13.9. The summed E-state index contributed by atoms with van der Waals surface area (Å²) in [7, 11) is 0. The molecule has 0 spiro atoms. The normalized spacial score (nSPS) is 26.2. The van der Waals surface area contributed by atoms with Gasteiger partial charge in [0.1, 0.15) is 11.4 Å². The number of halogens is 3. The van der Waals surface area contributed by atoms with Gasteiger partial charge in [-0.05, 0) is 74.6 Å². The molecule has 6 nitrogen and oxygen atoms in total. The van der Waals surface area contributed by atoms with E-state index in [4.69, 9.17) is 10.5 Å². The molecule has 0 bridgehead atoms. The van der Waals surface area contributed by atoms with Crippen LogP contribution in [0.25, 0.3) is 0 Å². The number of aliphatic hydroxyl groups is 1. The number of nitrogens with zero attached hydrogens (tertiary/aromatic N) is 1. The quantitative estimate of drug-likeness (QED) is 0.558. The van der Waals surface area contributed by atoms with Crippen molar-refractivity contribution in [3.05, 3.63) is 65.7 Å². The van der Waals surface area contributed by atoms with Crippen molar-refractivity contribution in [2.24, 2.45) is 23.5 Å². The Hall–Kier alpha value is -3.07. The largest absolute Gasteiger partial charge is 0.487 e. The van der Waals surface area contributed by atoms with Crippen LogP contribution in [0.5, 0.6) is 5.75 Å². The van der Waals surface area contributed by atoms with Gasteiger partial charge in [0.15, 0.2) is 0 Å². The molecule has 1 aliphatic heterocycles. The van der Waals surface area contributed by atoms with Crippen LogP contribution >= 0.6 is 0 Å². The Morgan fingerprint density at radius 2 is 1.68 bits per heavy atom. The number of primary amides is 1. The predicted octanol–water partition coefficient (Wildman–Crippen LogP) is 4.66. The molecule has 9 heteroatoms. The standard InChI is InChI=1S/C28H33F3N2O4/c1-18-21(17-26(18,2)37-23-10-8-20(9-11-23)24(32)34)16-19-12-14-33(15-13-19)25(35)27(36,28(29,30)31)22-6-4-3-5-7-22/h3-11,18-19,21,36H,12-17H2,1-2H3,(H2,32,34). The molecule has 37 heavy (non-hydrogen) atoms. The van der Waals surface area contributed by atoms with Crippen LogP contribution in [0.1, 0.15) is 55.5 Å². The van der Waals surface area contributed by atoms with Gasteiger partial charge in [0.25, 0.3) is 11.5 Å². The molecular formula is C28H33F3N2O4. The number of ether oxygens (including phenoxy) is 1. The molecule has 1 heterocycles. The lowest BCUT2D eigenvalue weighted by molar-refractivity contribution is -0.262. The first-order valence-corrected chi connectivity index (χ1v) is 12.6. The van der Waals surface area contributed by atoms with Crippen molar-refractivity contribution < 1.29 is 32.6 Å². The number of hydrogen-bond acceptors (Lipinski definition) is 4. The third-order valence-corrected chi connectivity index (χ3v) is 8.28.